The Kier molecular flexibility index (Phi) is 7.27. The summed E-state index contributed by atoms with van der Waals surface area (Å²) >= 11 is 0. The van der Waals surface area contributed by atoms with Crippen molar-refractivity contribution < 1.29 is 14.3 Å². The van der Waals surface area contributed by atoms with E-state index >= 15 is 0 Å². The largest absolute Gasteiger partial charge is 0.497 e. The summed E-state index contributed by atoms with van der Waals surface area (Å²) in [6.07, 6.45) is 2.79. The SMILES string of the molecule is CCCc1c(-c2ccc(OC)cc2)c(C(N)=O)c(C)n1CCCOCC. The Morgan fingerprint density at radius 2 is 1.88 bits per heavy atom. The second-order valence-corrected chi connectivity index (χ2v) is 6.33. The van der Waals surface area contributed by atoms with Crippen LogP contribution in [0.4, 0.5) is 0 Å². The number of primary amides is 1. The van der Waals surface area contributed by atoms with Gasteiger partial charge < -0.3 is 19.8 Å². The van der Waals surface area contributed by atoms with E-state index in [1.807, 2.05) is 38.1 Å². The van der Waals surface area contributed by atoms with Gasteiger partial charge in [-0.05, 0) is 44.4 Å². The maximum atomic E-state index is 12.2. The summed E-state index contributed by atoms with van der Waals surface area (Å²) < 4.78 is 13.0. The predicted octanol–water partition coefficient (Wildman–Crippen LogP) is 3.95. The van der Waals surface area contributed by atoms with Crippen molar-refractivity contribution in [2.75, 3.05) is 20.3 Å². The van der Waals surface area contributed by atoms with Crippen molar-refractivity contribution >= 4 is 5.91 Å². The molecule has 1 amide bonds. The Balaban J connectivity index is 2.53. The smallest absolute Gasteiger partial charge is 0.251 e. The van der Waals surface area contributed by atoms with Crippen molar-refractivity contribution in [3.05, 3.63) is 41.2 Å². The maximum absolute atomic E-state index is 12.2. The fourth-order valence-corrected chi connectivity index (χ4v) is 3.44. The molecule has 0 aliphatic heterocycles. The number of aromatic nitrogens is 1. The van der Waals surface area contributed by atoms with Gasteiger partial charge in [0.15, 0.2) is 0 Å². The summed E-state index contributed by atoms with van der Waals surface area (Å²) in [4.78, 5) is 12.2. The molecule has 0 bridgehead atoms. The second kappa shape index (κ2) is 9.43. The van der Waals surface area contributed by atoms with Gasteiger partial charge in [0.05, 0.1) is 12.7 Å². The molecular formula is C21H30N2O3. The van der Waals surface area contributed by atoms with E-state index < -0.39 is 0 Å². The molecule has 1 heterocycles. The molecule has 26 heavy (non-hydrogen) atoms. The van der Waals surface area contributed by atoms with E-state index in [9.17, 15) is 4.79 Å². The van der Waals surface area contributed by atoms with Crippen LogP contribution in [0.25, 0.3) is 11.1 Å². The number of hydrogen-bond acceptors (Lipinski definition) is 3. The molecule has 5 nitrogen and oxygen atoms in total. The summed E-state index contributed by atoms with van der Waals surface area (Å²) in [6.45, 7) is 8.37. The van der Waals surface area contributed by atoms with E-state index in [2.05, 4.69) is 11.5 Å². The first-order valence-corrected chi connectivity index (χ1v) is 9.29. The van der Waals surface area contributed by atoms with Crippen LogP contribution in [0.3, 0.4) is 0 Å². The van der Waals surface area contributed by atoms with Gasteiger partial charge in [-0.3, -0.25) is 4.79 Å². The minimum Gasteiger partial charge on any atom is -0.497 e. The number of rotatable bonds is 10. The zero-order valence-corrected chi connectivity index (χ0v) is 16.3. The van der Waals surface area contributed by atoms with E-state index in [1.54, 1.807) is 7.11 Å². The van der Waals surface area contributed by atoms with Crippen molar-refractivity contribution in [2.24, 2.45) is 5.73 Å². The molecule has 1 aromatic carbocycles. The number of ether oxygens (including phenoxy) is 2. The molecule has 0 unspecified atom stereocenters. The van der Waals surface area contributed by atoms with Gasteiger partial charge in [0.2, 0.25) is 0 Å². The van der Waals surface area contributed by atoms with Crippen molar-refractivity contribution in [3.63, 3.8) is 0 Å². The first kappa shape index (κ1) is 20.0. The minimum atomic E-state index is -0.380. The summed E-state index contributed by atoms with van der Waals surface area (Å²) in [7, 11) is 1.64. The molecule has 142 valence electrons. The van der Waals surface area contributed by atoms with Crippen LogP contribution in [0.15, 0.2) is 24.3 Å². The number of benzene rings is 1. The number of amides is 1. The molecule has 0 aliphatic rings. The van der Waals surface area contributed by atoms with Gasteiger partial charge in [-0.2, -0.15) is 0 Å². The van der Waals surface area contributed by atoms with Gasteiger partial charge in [-0.1, -0.05) is 25.5 Å². The number of methoxy groups -OCH3 is 1. The minimum absolute atomic E-state index is 0.380. The highest BCUT2D eigenvalue weighted by atomic mass is 16.5. The first-order valence-electron chi connectivity index (χ1n) is 9.29. The van der Waals surface area contributed by atoms with Gasteiger partial charge in [-0.15, -0.1) is 0 Å². The van der Waals surface area contributed by atoms with Gasteiger partial charge in [0, 0.05) is 36.7 Å². The Bertz CT molecular complexity index is 733. The lowest BCUT2D eigenvalue weighted by molar-refractivity contribution is 0.1000. The molecule has 0 atom stereocenters. The highest BCUT2D eigenvalue weighted by Gasteiger charge is 2.24. The quantitative estimate of drug-likeness (QED) is 0.654. The zero-order chi connectivity index (χ0) is 19.1. The number of nitrogens with two attached hydrogens (primary N) is 1. The molecule has 0 radical (unpaired) electrons. The van der Waals surface area contributed by atoms with Crippen LogP contribution in [0, 0.1) is 6.92 Å². The third kappa shape index (κ3) is 4.28. The lowest BCUT2D eigenvalue weighted by atomic mass is 9.98. The maximum Gasteiger partial charge on any atom is 0.251 e. The Morgan fingerprint density at radius 3 is 2.42 bits per heavy atom. The van der Waals surface area contributed by atoms with Crippen LogP contribution in [0.5, 0.6) is 5.75 Å². The molecule has 0 aliphatic carbocycles. The van der Waals surface area contributed by atoms with Crippen molar-refractivity contribution in [1.29, 1.82) is 0 Å². The van der Waals surface area contributed by atoms with E-state index in [0.29, 0.717) is 12.2 Å². The molecule has 0 fully saturated rings. The highest BCUT2D eigenvalue weighted by molar-refractivity contribution is 6.02. The predicted molar refractivity (Wildman–Crippen MR) is 105 cm³/mol. The number of hydrogen-bond donors (Lipinski definition) is 1. The fourth-order valence-electron chi connectivity index (χ4n) is 3.44. The average Bonchev–Trinajstić information content (AvgIpc) is 2.91. The fraction of sp³-hybridized carbons (Fsp3) is 0.476. The van der Waals surface area contributed by atoms with Gasteiger partial charge in [0.25, 0.3) is 5.91 Å². The number of nitrogens with zero attached hydrogens (tertiary/aromatic N) is 1. The van der Waals surface area contributed by atoms with E-state index in [4.69, 9.17) is 15.2 Å². The van der Waals surface area contributed by atoms with Gasteiger partial charge in [0.1, 0.15) is 5.75 Å². The molecule has 0 spiro atoms. The molecular weight excluding hydrogens is 328 g/mol. The van der Waals surface area contributed by atoms with E-state index in [-0.39, 0.29) is 5.91 Å². The van der Waals surface area contributed by atoms with E-state index in [1.165, 1.54) is 5.69 Å². The van der Waals surface area contributed by atoms with E-state index in [0.717, 1.165) is 55.0 Å². The summed E-state index contributed by atoms with van der Waals surface area (Å²) in [5.41, 5.74) is 10.4. The standard InChI is InChI=1S/C21H30N2O3/c1-5-8-18-20(16-9-11-17(25-4)12-10-16)19(21(22)24)15(3)23(18)13-7-14-26-6-2/h9-12H,5-8,13-14H2,1-4H3,(H2,22,24). The molecule has 0 saturated heterocycles. The Morgan fingerprint density at radius 1 is 1.19 bits per heavy atom. The topological polar surface area (TPSA) is 66.5 Å². The average molecular weight is 358 g/mol. The monoisotopic (exact) mass is 358 g/mol. The van der Waals surface area contributed by atoms with Crippen LogP contribution in [-0.2, 0) is 17.7 Å². The van der Waals surface area contributed by atoms with Crippen LogP contribution in [-0.4, -0.2) is 30.8 Å². The molecule has 5 heteroatoms. The van der Waals surface area contributed by atoms with Crippen molar-refractivity contribution in [1.82, 2.24) is 4.57 Å². The van der Waals surface area contributed by atoms with Crippen LogP contribution < -0.4 is 10.5 Å². The third-order valence-electron chi connectivity index (χ3n) is 4.62. The number of carbonyl (C=O) groups excluding carboxylic acids is 1. The molecule has 2 aromatic rings. The molecule has 0 saturated carbocycles. The third-order valence-corrected chi connectivity index (χ3v) is 4.62. The zero-order valence-electron chi connectivity index (χ0n) is 16.3. The van der Waals surface area contributed by atoms with Crippen LogP contribution in [0.1, 0.15) is 48.4 Å². The van der Waals surface area contributed by atoms with Crippen molar-refractivity contribution in [3.8, 4) is 16.9 Å². The van der Waals surface area contributed by atoms with Gasteiger partial charge >= 0.3 is 0 Å². The summed E-state index contributed by atoms with van der Waals surface area (Å²) in [6, 6.07) is 7.81. The lowest BCUT2D eigenvalue weighted by Gasteiger charge is -2.13. The highest BCUT2D eigenvalue weighted by Crippen LogP contribution is 2.34. The van der Waals surface area contributed by atoms with Gasteiger partial charge in [-0.25, -0.2) is 0 Å². The lowest BCUT2D eigenvalue weighted by Crippen LogP contribution is -2.13. The Labute approximate surface area is 156 Å². The van der Waals surface area contributed by atoms with Crippen molar-refractivity contribution in [2.45, 2.75) is 46.6 Å². The normalized spacial score (nSPS) is 10.9. The first-order chi connectivity index (χ1) is 12.5. The summed E-state index contributed by atoms with van der Waals surface area (Å²) in [5.74, 6) is 0.411. The Hall–Kier alpha value is -2.27. The molecule has 1 aromatic heterocycles. The molecule has 2 N–H and O–H groups in total. The van der Waals surface area contributed by atoms with Crippen LogP contribution in [0.2, 0.25) is 0 Å². The molecule has 2 rings (SSSR count). The second-order valence-electron chi connectivity index (χ2n) is 6.33. The van der Waals surface area contributed by atoms with Crippen LogP contribution >= 0.6 is 0 Å². The summed E-state index contributed by atoms with van der Waals surface area (Å²) in [5, 5.41) is 0. The number of carbonyl (C=O) groups is 1.